The van der Waals surface area contributed by atoms with E-state index in [1.165, 1.54) is 185 Å². The van der Waals surface area contributed by atoms with Crippen molar-refractivity contribution in [1.29, 1.82) is 0 Å². The Kier molecular flexibility index (Phi) is 7.82. The van der Waals surface area contributed by atoms with Gasteiger partial charge in [0.2, 0.25) is 0 Å². The summed E-state index contributed by atoms with van der Waals surface area (Å²) in [5.41, 5.74) is 19.2. The van der Waals surface area contributed by atoms with Gasteiger partial charge in [-0.25, -0.2) is 0 Å². The van der Waals surface area contributed by atoms with E-state index in [1.807, 2.05) is 11.3 Å². The molecule has 0 saturated heterocycles. The first-order valence-corrected chi connectivity index (χ1v) is 29.8. The number of furan rings is 1. The summed E-state index contributed by atoms with van der Waals surface area (Å²) < 4.78 is 12.8. The Bertz CT molecular complexity index is 4310. The molecule has 10 aliphatic rings. The molecule has 0 atom stereocenters. The van der Waals surface area contributed by atoms with Crippen LogP contribution >= 0.6 is 11.3 Å². The lowest BCUT2D eigenvalue weighted by molar-refractivity contribution is -0.00526. The van der Waals surface area contributed by atoms with Crippen LogP contribution in [0.2, 0.25) is 0 Å². The fraction of sp³-hybridized carbons (Fsp3) is 0.343. The number of anilines is 2. The van der Waals surface area contributed by atoms with Crippen molar-refractivity contribution in [2.24, 2.45) is 35.5 Å². The summed E-state index contributed by atoms with van der Waals surface area (Å²) in [5.74, 6) is 5.29. The number of thiophene rings is 1. The van der Waals surface area contributed by atoms with Gasteiger partial charge in [0.05, 0.1) is 16.7 Å². The van der Waals surface area contributed by atoms with Gasteiger partial charge in [0.15, 0.2) is 5.58 Å². The van der Waals surface area contributed by atoms with Crippen LogP contribution in [0.5, 0.6) is 0 Å². The summed E-state index contributed by atoms with van der Waals surface area (Å²) in [6.07, 6.45) is 17.0. The summed E-state index contributed by atoms with van der Waals surface area (Å²) in [6, 6.07) is 53.7. The Morgan fingerprint density at radius 3 is 1.83 bits per heavy atom. The van der Waals surface area contributed by atoms with E-state index in [-0.39, 0.29) is 17.7 Å². The summed E-state index contributed by atoms with van der Waals surface area (Å²) in [5, 5.41) is 10.6. The number of rotatable bonds is 3. The second kappa shape index (κ2) is 14.0. The lowest BCUT2D eigenvalue weighted by Gasteiger charge is -2.57. The van der Waals surface area contributed by atoms with Crippen LogP contribution in [0.25, 0.3) is 91.5 Å². The molecule has 0 radical (unpaired) electrons. The third-order valence-corrected chi connectivity index (χ3v) is 23.1. The predicted octanol–water partition coefficient (Wildman–Crippen LogP) is 17.7. The van der Waals surface area contributed by atoms with Crippen LogP contribution in [-0.4, -0.2) is 11.4 Å². The Morgan fingerprint density at radius 1 is 0.533 bits per heavy atom. The van der Waals surface area contributed by atoms with Crippen LogP contribution in [0, 0.1) is 35.5 Å². The molecule has 3 aromatic heterocycles. The van der Waals surface area contributed by atoms with Gasteiger partial charge in [0.25, 0.3) is 0 Å². The van der Waals surface area contributed by atoms with Gasteiger partial charge in [-0.3, -0.25) is 0 Å². The maximum absolute atomic E-state index is 7.36. The second-order valence-electron chi connectivity index (χ2n) is 27.3. The molecule has 21 rings (SSSR count). The molecule has 11 aromatic rings. The third kappa shape index (κ3) is 5.49. The van der Waals surface area contributed by atoms with Crippen LogP contribution in [0.15, 0.2) is 138 Å². The Balaban J connectivity index is 0.963. The molecular formula is C70H61BN2OS. The molecule has 2 aliphatic heterocycles. The Morgan fingerprint density at radius 2 is 1.13 bits per heavy atom. The van der Waals surface area contributed by atoms with Gasteiger partial charge >= 0.3 is 6.85 Å². The number of nitrogens with zero attached hydrogens (tertiary/aromatic N) is 2. The number of fused-ring (bicyclic) bond motifs is 15. The zero-order valence-corrected chi connectivity index (χ0v) is 44.3. The number of benzene rings is 8. The van der Waals surface area contributed by atoms with E-state index in [4.69, 9.17) is 4.42 Å². The number of aromatic nitrogens is 1. The van der Waals surface area contributed by atoms with Crippen molar-refractivity contribution in [3.63, 3.8) is 0 Å². The highest BCUT2D eigenvalue weighted by Gasteiger charge is 2.55. The Labute approximate surface area is 443 Å². The van der Waals surface area contributed by atoms with Gasteiger partial charge in [-0.2, -0.15) is 0 Å². The molecule has 8 bridgehead atoms. The first kappa shape index (κ1) is 41.9. The molecular weight excluding hydrogens is 928 g/mol. The molecule has 366 valence electrons. The normalized spacial score (nSPS) is 27.9. The highest BCUT2D eigenvalue weighted by atomic mass is 32.1. The van der Waals surface area contributed by atoms with Gasteiger partial charge in [0, 0.05) is 58.7 Å². The van der Waals surface area contributed by atoms with Crippen LogP contribution in [0.4, 0.5) is 11.4 Å². The zero-order valence-electron chi connectivity index (χ0n) is 43.4. The molecule has 75 heavy (non-hydrogen) atoms. The molecule has 8 fully saturated rings. The molecule has 5 heterocycles. The van der Waals surface area contributed by atoms with E-state index in [0.29, 0.717) is 5.41 Å². The first-order chi connectivity index (χ1) is 36.6. The molecule has 3 nitrogen and oxygen atoms in total. The minimum Gasteiger partial charge on any atom is -0.454 e. The quantitative estimate of drug-likeness (QED) is 0.165. The van der Waals surface area contributed by atoms with E-state index < -0.39 is 0 Å². The fourth-order valence-electron chi connectivity index (χ4n) is 19.6. The molecule has 8 aliphatic carbocycles. The maximum Gasteiger partial charge on any atom is 0.333 e. The molecule has 5 heteroatoms. The highest BCUT2D eigenvalue weighted by molar-refractivity contribution is 7.26. The number of para-hydroxylation sites is 1. The second-order valence-corrected chi connectivity index (χ2v) is 28.4. The van der Waals surface area contributed by atoms with Crippen LogP contribution < -0.4 is 15.7 Å². The van der Waals surface area contributed by atoms with E-state index in [9.17, 15) is 0 Å². The standard InChI is InChI=1S/C70H61BN2OS/c1-68(2,3)46-12-15-49(16-13-46)73-60-31-63-54(53-24-44-8-4-5-9-45(44)25-62(53)75-63)29-52(60)55-30-57-50-10-6-7-11-61(50)74-67(57)66-64(55)71(73)58-28-48(70-35-41-21-42(36-70)23-43(22-41)37-70)27-56-51-26-47(14-17-59(51)72(66)65(56)58)69-32-38-18-39(33-69)20-40(19-38)34-69/h4-17,24-31,38-43H,18-23,32-37H2,1-3H3. The first-order valence-electron chi connectivity index (χ1n) is 29.0. The van der Waals surface area contributed by atoms with Gasteiger partial charge in [0.1, 0.15) is 5.58 Å². The zero-order chi connectivity index (χ0) is 49.0. The van der Waals surface area contributed by atoms with Crippen molar-refractivity contribution in [2.45, 2.75) is 114 Å². The van der Waals surface area contributed by atoms with Gasteiger partial charge in [-0.15, -0.1) is 11.3 Å². The average molecular weight is 989 g/mol. The van der Waals surface area contributed by atoms with Crippen molar-refractivity contribution in [3.8, 4) is 16.8 Å². The third-order valence-electron chi connectivity index (χ3n) is 21.9. The van der Waals surface area contributed by atoms with Gasteiger partial charge < -0.3 is 13.8 Å². The van der Waals surface area contributed by atoms with Crippen LogP contribution in [0.1, 0.15) is 115 Å². The largest absolute Gasteiger partial charge is 0.454 e. The fourth-order valence-corrected chi connectivity index (χ4v) is 20.8. The van der Waals surface area contributed by atoms with Crippen molar-refractivity contribution in [3.05, 3.63) is 150 Å². The van der Waals surface area contributed by atoms with Crippen molar-refractivity contribution >= 4 is 115 Å². The van der Waals surface area contributed by atoms with E-state index >= 15 is 0 Å². The smallest absolute Gasteiger partial charge is 0.333 e. The van der Waals surface area contributed by atoms with Crippen LogP contribution in [0.3, 0.4) is 0 Å². The molecule has 8 aromatic carbocycles. The molecule has 0 spiro atoms. The number of hydrogen-bond donors (Lipinski definition) is 0. The lowest BCUT2D eigenvalue weighted by Crippen LogP contribution is -2.61. The molecule has 0 amide bonds. The monoisotopic (exact) mass is 988 g/mol. The molecule has 0 N–H and O–H groups in total. The number of hydrogen-bond acceptors (Lipinski definition) is 3. The summed E-state index contributed by atoms with van der Waals surface area (Å²) in [7, 11) is 0. The van der Waals surface area contributed by atoms with E-state index in [1.54, 1.807) is 11.1 Å². The minimum atomic E-state index is -0.0780. The van der Waals surface area contributed by atoms with Crippen molar-refractivity contribution in [1.82, 2.24) is 4.57 Å². The highest BCUT2D eigenvalue weighted by Crippen LogP contribution is 2.63. The van der Waals surface area contributed by atoms with Crippen molar-refractivity contribution in [2.75, 3.05) is 4.81 Å². The molecule has 0 unspecified atom stereocenters. The average Bonchev–Trinajstić information content (AvgIpc) is 4.06. The van der Waals surface area contributed by atoms with Gasteiger partial charge in [-0.1, -0.05) is 87.5 Å². The summed E-state index contributed by atoms with van der Waals surface area (Å²) >= 11 is 1.96. The summed E-state index contributed by atoms with van der Waals surface area (Å²) in [6.45, 7) is 6.97. The Hall–Kier alpha value is -6.30. The SMILES string of the molecule is CC(C)(C)c1ccc(N2B3c4c(cc5c(oc6ccccc65)c4-n4c5ccc(C67CC8CC(CC(C8)C6)C7)cc5c5cc(C67CC8CC(CC(C8)C6)C7)cc3c54)-c3cc4c(cc32)sc2cc3ccccc3cc24)cc1. The van der Waals surface area contributed by atoms with Gasteiger partial charge in [-0.05, 0) is 239 Å². The lowest BCUT2D eigenvalue weighted by atomic mass is 9.42. The predicted molar refractivity (Wildman–Crippen MR) is 316 cm³/mol. The minimum absolute atomic E-state index is 0.0386. The molecule has 8 saturated carbocycles. The topological polar surface area (TPSA) is 21.3 Å². The van der Waals surface area contributed by atoms with E-state index in [0.717, 1.165) is 46.7 Å². The van der Waals surface area contributed by atoms with E-state index in [2.05, 4.69) is 164 Å². The summed E-state index contributed by atoms with van der Waals surface area (Å²) in [4.78, 5) is 2.81. The maximum atomic E-state index is 7.36. The van der Waals surface area contributed by atoms with Crippen LogP contribution in [-0.2, 0) is 16.2 Å². The van der Waals surface area contributed by atoms with Crippen molar-refractivity contribution < 1.29 is 4.42 Å².